The van der Waals surface area contributed by atoms with E-state index < -0.39 is 22.9 Å². The highest BCUT2D eigenvalue weighted by Crippen LogP contribution is 2.36. The zero-order valence-electron chi connectivity index (χ0n) is 11.0. The molecule has 0 unspecified atom stereocenters. The van der Waals surface area contributed by atoms with Crippen molar-refractivity contribution in [2.45, 2.75) is 19.4 Å². The highest BCUT2D eigenvalue weighted by Gasteiger charge is 2.34. The topological polar surface area (TPSA) is 71.2 Å². The van der Waals surface area contributed by atoms with Gasteiger partial charge in [0.2, 0.25) is 0 Å². The molecule has 1 amide bonds. The van der Waals surface area contributed by atoms with Crippen LogP contribution in [0.4, 0.5) is 18.0 Å². The maximum Gasteiger partial charge on any atom is 0.417 e. The number of benzene rings is 1. The van der Waals surface area contributed by atoms with E-state index in [9.17, 15) is 18.0 Å². The van der Waals surface area contributed by atoms with Crippen molar-refractivity contribution in [3.63, 3.8) is 0 Å². The van der Waals surface area contributed by atoms with Crippen LogP contribution < -0.4 is 0 Å². The number of rotatable bonds is 4. The molecule has 2 aromatic rings. The second kappa shape index (κ2) is 6.22. The summed E-state index contributed by atoms with van der Waals surface area (Å²) >= 11 is 5.75. The molecule has 2 rings (SSSR count). The van der Waals surface area contributed by atoms with E-state index in [2.05, 4.69) is 10.1 Å². The molecule has 0 bridgehead atoms. The third kappa shape index (κ3) is 3.67. The molecule has 0 aliphatic carbocycles. The first kappa shape index (κ1) is 16.1. The Morgan fingerprint density at radius 1 is 1.41 bits per heavy atom. The summed E-state index contributed by atoms with van der Waals surface area (Å²) in [4.78, 5) is 15.8. The zero-order chi connectivity index (χ0) is 16.3. The van der Waals surface area contributed by atoms with Crippen molar-refractivity contribution in [3.8, 4) is 0 Å². The molecule has 0 fully saturated rings. The lowest BCUT2D eigenvalue weighted by atomic mass is 10.1. The Morgan fingerprint density at radius 3 is 2.68 bits per heavy atom. The number of amides is 1. The molecule has 1 aromatic heterocycles. The Balaban J connectivity index is 2.25. The minimum atomic E-state index is -4.60. The highest BCUT2D eigenvalue weighted by molar-refractivity contribution is 6.32. The molecule has 0 saturated heterocycles. The number of hydrogen-bond acceptors (Lipinski definition) is 3. The summed E-state index contributed by atoms with van der Waals surface area (Å²) in [6.45, 7) is -0.486. The summed E-state index contributed by atoms with van der Waals surface area (Å²) in [5, 5.41) is 12.4. The van der Waals surface area contributed by atoms with E-state index in [1.165, 1.54) is 29.5 Å². The van der Waals surface area contributed by atoms with Crippen LogP contribution in [0.15, 0.2) is 30.9 Å². The normalized spacial score (nSPS) is 11.5. The van der Waals surface area contributed by atoms with Crippen LogP contribution in [0.25, 0.3) is 0 Å². The van der Waals surface area contributed by atoms with Crippen LogP contribution in [0.5, 0.6) is 0 Å². The van der Waals surface area contributed by atoms with E-state index in [1.54, 1.807) is 0 Å². The molecule has 0 atom stereocenters. The maximum atomic E-state index is 12.8. The fourth-order valence-corrected chi connectivity index (χ4v) is 2.08. The molecule has 118 valence electrons. The Kier molecular flexibility index (Phi) is 4.55. The monoisotopic (exact) mass is 334 g/mol. The average molecular weight is 335 g/mol. The van der Waals surface area contributed by atoms with Gasteiger partial charge in [0, 0.05) is 0 Å². The number of carboxylic acid groups (broad SMARTS) is 1. The number of aromatic nitrogens is 3. The molecule has 1 heterocycles. The van der Waals surface area contributed by atoms with Crippen LogP contribution in [0.1, 0.15) is 11.1 Å². The van der Waals surface area contributed by atoms with Gasteiger partial charge in [-0.1, -0.05) is 23.7 Å². The summed E-state index contributed by atoms with van der Waals surface area (Å²) in [6.07, 6.45) is -3.41. The Morgan fingerprint density at radius 2 is 2.14 bits per heavy atom. The minimum absolute atomic E-state index is 0.0546. The fourth-order valence-electron chi connectivity index (χ4n) is 1.79. The van der Waals surface area contributed by atoms with E-state index in [1.807, 2.05) is 0 Å². The minimum Gasteiger partial charge on any atom is -0.465 e. The maximum absolute atomic E-state index is 12.8. The molecule has 22 heavy (non-hydrogen) atoms. The van der Waals surface area contributed by atoms with Gasteiger partial charge in [-0.3, -0.25) is 4.90 Å². The standard InChI is InChI=1S/C12H10ClF3N4O2/c13-10-8(2-1-3-9(10)12(14,15)16)4-19(11(21)22)7-20-6-17-5-18-20/h1-3,5-6H,4,7H2,(H,21,22). The molecule has 0 aliphatic rings. The Bertz CT molecular complexity index is 661. The van der Waals surface area contributed by atoms with Crippen molar-refractivity contribution in [3.05, 3.63) is 47.0 Å². The van der Waals surface area contributed by atoms with Crippen LogP contribution in [-0.4, -0.2) is 30.9 Å². The third-order valence-corrected chi connectivity index (χ3v) is 3.24. The fraction of sp³-hybridized carbons (Fsp3) is 0.250. The van der Waals surface area contributed by atoms with Crippen LogP contribution in [0, 0.1) is 0 Å². The quantitative estimate of drug-likeness (QED) is 0.932. The SMILES string of the molecule is O=C(O)N(Cc1cccc(C(F)(F)F)c1Cl)Cn1cncn1. The van der Waals surface area contributed by atoms with Crippen molar-refractivity contribution < 1.29 is 23.1 Å². The van der Waals surface area contributed by atoms with Gasteiger partial charge >= 0.3 is 12.3 Å². The van der Waals surface area contributed by atoms with Crippen molar-refractivity contribution in [1.82, 2.24) is 19.7 Å². The summed E-state index contributed by atoms with van der Waals surface area (Å²) < 4.78 is 39.6. The van der Waals surface area contributed by atoms with Crippen molar-refractivity contribution in [2.24, 2.45) is 0 Å². The van der Waals surface area contributed by atoms with Crippen molar-refractivity contribution in [1.29, 1.82) is 0 Å². The summed E-state index contributed by atoms with van der Waals surface area (Å²) in [5.74, 6) is 0. The second-order valence-corrected chi connectivity index (χ2v) is 4.71. The van der Waals surface area contributed by atoms with Gasteiger partial charge in [-0.15, -0.1) is 0 Å². The number of alkyl halides is 3. The summed E-state index contributed by atoms with van der Waals surface area (Å²) in [5.41, 5.74) is -0.947. The molecule has 0 saturated carbocycles. The van der Waals surface area contributed by atoms with Gasteiger partial charge in [-0.05, 0) is 11.6 Å². The highest BCUT2D eigenvalue weighted by atomic mass is 35.5. The number of hydrogen-bond donors (Lipinski definition) is 1. The molecule has 0 aliphatic heterocycles. The van der Waals surface area contributed by atoms with Gasteiger partial charge in [0.15, 0.2) is 0 Å². The summed E-state index contributed by atoms with van der Waals surface area (Å²) in [7, 11) is 0. The van der Waals surface area contributed by atoms with E-state index in [0.29, 0.717) is 0 Å². The molecule has 1 N–H and O–H groups in total. The van der Waals surface area contributed by atoms with E-state index in [-0.39, 0.29) is 18.8 Å². The van der Waals surface area contributed by atoms with Gasteiger partial charge in [0.25, 0.3) is 0 Å². The van der Waals surface area contributed by atoms with E-state index >= 15 is 0 Å². The van der Waals surface area contributed by atoms with Gasteiger partial charge in [0.05, 0.1) is 17.1 Å². The van der Waals surface area contributed by atoms with Gasteiger partial charge in [-0.25, -0.2) is 14.5 Å². The van der Waals surface area contributed by atoms with Crippen LogP contribution in [0.2, 0.25) is 5.02 Å². The molecule has 0 spiro atoms. The largest absolute Gasteiger partial charge is 0.465 e. The van der Waals surface area contributed by atoms with E-state index in [4.69, 9.17) is 16.7 Å². The van der Waals surface area contributed by atoms with Crippen molar-refractivity contribution in [2.75, 3.05) is 0 Å². The zero-order valence-corrected chi connectivity index (χ0v) is 11.7. The first-order chi connectivity index (χ1) is 10.3. The number of halogens is 4. The third-order valence-electron chi connectivity index (χ3n) is 2.80. The van der Waals surface area contributed by atoms with Gasteiger partial charge in [0.1, 0.15) is 19.3 Å². The van der Waals surface area contributed by atoms with Crippen LogP contribution in [0.3, 0.4) is 0 Å². The predicted molar refractivity (Wildman–Crippen MR) is 70.0 cm³/mol. The van der Waals surface area contributed by atoms with Crippen LogP contribution in [-0.2, 0) is 19.4 Å². The molecular weight excluding hydrogens is 325 g/mol. The van der Waals surface area contributed by atoms with Gasteiger partial charge in [-0.2, -0.15) is 18.3 Å². The lowest BCUT2D eigenvalue weighted by molar-refractivity contribution is -0.137. The molecular formula is C12H10ClF3N4O2. The smallest absolute Gasteiger partial charge is 0.417 e. The molecule has 6 nitrogen and oxygen atoms in total. The van der Waals surface area contributed by atoms with Crippen molar-refractivity contribution >= 4 is 17.7 Å². The van der Waals surface area contributed by atoms with Gasteiger partial charge < -0.3 is 5.11 Å². The molecule has 0 radical (unpaired) electrons. The predicted octanol–water partition coefficient (Wildman–Crippen LogP) is 3.09. The molecule has 1 aromatic carbocycles. The lowest BCUT2D eigenvalue weighted by Gasteiger charge is -2.20. The van der Waals surface area contributed by atoms with Crippen LogP contribution >= 0.6 is 11.6 Å². The summed E-state index contributed by atoms with van der Waals surface area (Å²) in [6, 6.07) is 3.36. The Hall–Kier alpha value is -2.29. The first-order valence-corrected chi connectivity index (χ1v) is 6.31. The molecule has 10 heteroatoms. The lowest BCUT2D eigenvalue weighted by Crippen LogP contribution is -2.31. The number of carbonyl (C=O) groups is 1. The van der Waals surface area contributed by atoms with E-state index in [0.717, 1.165) is 11.0 Å². The average Bonchev–Trinajstić information content (AvgIpc) is 2.91. The number of nitrogens with zero attached hydrogens (tertiary/aromatic N) is 4. The first-order valence-electron chi connectivity index (χ1n) is 5.94. The Labute approximate surface area is 127 Å². The second-order valence-electron chi connectivity index (χ2n) is 4.33.